The smallest absolute Gasteiger partial charge is 0.239 e. The molecule has 1 heterocycles. The molecule has 1 rings (SSSR count). The minimum absolute atomic E-state index is 0.103. The molecule has 0 aromatic carbocycles. The van der Waals surface area contributed by atoms with Crippen molar-refractivity contribution in [2.45, 2.75) is 32.2 Å². The van der Waals surface area contributed by atoms with Crippen LogP contribution >= 0.6 is 0 Å². The van der Waals surface area contributed by atoms with E-state index >= 15 is 0 Å². The Hall–Kier alpha value is -0.830. The van der Waals surface area contributed by atoms with Gasteiger partial charge in [0.05, 0.1) is 6.04 Å². The largest absolute Gasteiger partial charge is 0.337 e. The Bertz CT molecular complexity index is 201. The number of rotatable bonds is 3. The van der Waals surface area contributed by atoms with Crippen molar-refractivity contribution in [1.82, 2.24) is 4.90 Å². The summed E-state index contributed by atoms with van der Waals surface area (Å²) in [5, 5.41) is 0. The zero-order valence-electron chi connectivity index (χ0n) is 8.20. The van der Waals surface area contributed by atoms with Crippen LogP contribution in [0.25, 0.3) is 0 Å². The molecule has 0 aromatic rings. The van der Waals surface area contributed by atoms with Gasteiger partial charge in [0.15, 0.2) is 0 Å². The summed E-state index contributed by atoms with van der Waals surface area (Å²) in [5.74, 6) is 0.103. The van der Waals surface area contributed by atoms with Gasteiger partial charge in [-0.25, -0.2) is 0 Å². The van der Waals surface area contributed by atoms with E-state index in [0.29, 0.717) is 0 Å². The second kappa shape index (κ2) is 5.02. The molecule has 2 N–H and O–H groups in total. The molecule has 0 saturated carbocycles. The van der Waals surface area contributed by atoms with Crippen LogP contribution in [0.15, 0.2) is 12.2 Å². The summed E-state index contributed by atoms with van der Waals surface area (Å²) in [6, 6.07) is -0.295. The highest BCUT2D eigenvalue weighted by Gasteiger charge is 2.19. The van der Waals surface area contributed by atoms with Gasteiger partial charge < -0.3 is 10.6 Å². The second-order valence-electron chi connectivity index (χ2n) is 3.44. The van der Waals surface area contributed by atoms with E-state index in [1.165, 1.54) is 0 Å². The highest BCUT2D eigenvalue weighted by Crippen LogP contribution is 2.05. The average Bonchev–Trinajstić information content (AvgIpc) is 2.18. The second-order valence-corrected chi connectivity index (χ2v) is 3.44. The van der Waals surface area contributed by atoms with Crippen molar-refractivity contribution < 1.29 is 4.79 Å². The van der Waals surface area contributed by atoms with Gasteiger partial charge in [-0.1, -0.05) is 25.5 Å². The first kappa shape index (κ1) is 10.3. The minimum atomic E-state index is -0.295. The average molecular weight is 182 g/mol. The molecule has 0 fully saturated rings. The maximum absolute atomic E-state index is 11.7. The van der Waals surface area contributed by atoms with Crippen LogP contribution in [0, 0.1) is 0 Å². The van der Waals surface area contributed by atoms with Crippen molar-refractivity contribution in [2.75, 3.05) is 13.1 Å². The molecule has 1 aliphatic rings. The normalized spacial score (nSPS) is 18.8. The Morgan fingerprint density at radius 1 is 1.62 bits per heavy atom. The van der Waals surface area contributed by atoms with Crippen LogP contribution in [-0.4, -0.2) is 29.9 Å². The first-order valence-corrected chi connectivity index (χ1v) is 4.95. The molecule has 0 aliphatic carbocycles. The van der Waals surface area contributed by atoms with E-state index in [9.17, 15) is 4.79 Å². The number of hydrogen-bond donors (Lipinski definition) is 1. The summed E-state index contributed by atoms with van der Waals surface area (Å²) in [4.78, 5) is 13.5. The van der Waals surface area contributed by atoms with E-state index in [2.05, 4.69) is 6.08 Å². The van der Waals surface area contributed by atoms with E-state index in [1.807, 2.05) is 17.9 Å². The SMILES string of the molecule is CCCC(N)C(=O)N1CC=CCC1. The zero-order chi connectivity index (χ0) is 9.68. The van der Waals surface area contributed by atoms with Crippen molar-refractivity contribution in [2.24, 2.45) is 5.73 Å². The summed E-state index contributed by atoms with van der Waals surface area (Å²) in [7, 11) is 0. The Balaban J connectivity index is 2.41. The summed E-state index contributed by atoms with van der Waals surface area (Å²) < 4.78 is 0. The predicted molar refractivity (Wildman–Crippen MR) is 53.2 cm³/mol. The fourth-order valence-electron chi connectivity index (χ4n) is 1.51. The van der Waals surface area contributed by atoms with Crippen molar-refractivity contribution >= 4 is 5.91 Å². The molecule has 0 saturated heterocycles. The third-order valence-corrected chi connectivity index (χ3v) is 2.29. The molecule has 13 heavy (non-hydrogen) atoms. The van der Waals surface area contributed by atoms with Crippen LogP contribution in [0.2, 0.25) is 0 Å². The summed E-state index contributed by atoms with van der Waals surface area (Å²) in [5.41, 5.74) is 5.74. The fourth-order valence-corrected chi connectivity index (χ4v) is 1.51. The zero-order valence-corrected chi connectivity index (χ0v) is 8.20. The molecule has 3 nitrogen and oxygen atoms in total. The lowest BCUT2D eigenvalue weighted by Crippen LogP contribution is -2.44. The molecule has 0 spiro atoms. The van der Waals surface area contributed by atoms with E-state index in [0.717, 1.165) is 32.4 Å². The Morgan fingerprint density at radius 3 is 2.92 bits per heavy atom. The fraction of sp³-hybridized carbons (Fsp3) is 0.700. The van der Waals surface area contributed by atoms with Gasteiger partial charge in [-0.05, 0) is 12.8 Å². The van der Waals surface area contributed by atoms with Crippen molar-refractivity contribution in [3.05, 3.63) is 12.2 Å². The van der Waals surface area contributed by atoms with Crippen LogP contribution in [0.1, 0.15) is 26.2 Å². The number of hydrogen-bond acceptors (Lipinski definition) is 2. The van der Waals surface area contributed by atoms with Crippen LogP contribution in [0.5, 0.6) is 0 Å². The van der Waals surface area contributed by atoms with Crippen molar-refractivity contribution in [1.29, 1.82) is 0 Å². The van der Waals surface area contributed by atoms with Crippen LogP contribution in [0.4, 0.5) is 0 Å². The number of carbonyl (C=O) groups excluding carboxylic acids is 1. The molecule has 3 heteroatoms. The number of carbonyl (C=O) groups is 1. The lowest BCUT2D eigenvalue weighted by atomic mass is 10.1. The standard InChI is InChI=1S/C10H18N2O/c1-2-6-9(11)10(13)12-7-4-3-5-8-12/h3-4,9H,2,5-8,11H2,1H3. The summed E-state index contributed by atoms with van der Waals surface area (Å²) in [6.45, 7) is 3.60. The molecule has 0 aromatic heterocycles. The van der Waals surface area contributed by atoms with Gasteiger partial charge in [-0.2, -0.15) is 0 Å². The van der Waals surface area contributed by atoms with Crippen molar-refractivity contribution in [3.8, 4) is 0 Å². The molecule has 1 amide bonds. The highest BCUT2D eigenvalue weighted by molar-refractivity contribution is 5.81. The Morgan fingerprint density at radius 2 is 2.38 bits per heavy atom. The van der Waals surface area contributed by atoms with E-state index in [4.69, 9.17) is 5.73 Å². The van der Waals surface area contributed by atoms with Gasteiger partial charge >= 0.3 is 0 Å². The topological polar surface area (TPSA) is 46.3 Å². The summed E-state index contributed by atoms with van der Waals surface area (Å²) in [6.07, 6.45) is 6.86. The molecule has 74 valence electrons. The number of amides is 1. The van der Waals surface area contributed by atoms with Gasteiger partial charge in [0.1, 0.15) is 0 Å². The number of nitrogens with zero attached hydrogens (tertiary/aromatic N) is 1. The molecular formula is C10H18N2O. The highest BCUT2D eigenvalue weighted by atomic mass is 16.2. The van der Waals surface area contributed by atoms with Gasteiger partial charge in [0.25, 0.3) is 0 Å². The van der Waals surface area contributed by atoms with E-state index < -0.39 is 0 Å². The third kappa shape index (κ3) is 2.84. The number of nitrogens with two attached hydrogens (primary N) is 1. The predicted octanol–water partition coefficient (Wildman–Crippen LogP) is 0.902. The molecular weight excluding hydrogens is 164 g/mol. The molecule has 1 atom stereocenters. The van der Waals surface area contributed by atoms with Crippen LogP contribution in [-0.2, 0) is 4.79 Å². The Labute approximate surface area is 79.6 Å². The first-order valence-electron chi connectivity index (χ1n) is 4.95. The third-order valence-electron chi connectivity index (χ3n) is 2.29. The molecule has 0 bridgehead atoms. The molecule has 0 radical (unpaired) electrons. The molecule has 1 aliphatic heterocycles. The maximum atomic E-state index is 11.7. The monoisotopic (exact) mass is 182 g/mol. The van der Waals surface area contributed by atoms with Gasteiger partial charge in [0, 0.05) is 13.1 Å². The lowest BCUT2D eigenvalue weighted by molar-refractivity contribution is -0.132. The summed E-state index contributed by atoms with van der Waals surface area (Å²) >= 11 is 0. The van der Waals surface area contributed by atoms with Gasteiger partial charge in [-0.3, -0.25) is 4.79 Å². The van der Waals surface area contributed by atoms with Crippen LogP contribution < -0.4 is 5.73 Å². The first-order chi connectivity index (χ1) is 6.25. The van der Waals surface area contributed by atoms with E-state index in [1.54, 1.807) is 0 Å². The lowest BCUT2D eigenvalue weighted by Gasteiger charge is -2.26. The Kier molecular flexibility index (Phi) is 3.96. The quantitative estimate of drug-likeness (QED) is 0.659. The van der Waals surface area contributed by atoms with Crippen molar-refractivity contribution in [3.63, 3.8) is 0 Å². The molecule has 1 unspecified atom stereocenters. The van der Waals surface area contributed by atoms with Gasteiger partial charge in [0.2, 0.25) is 5.91 Å². The van der Waals surface area contributed by atoms with Gasteiger partial charge in [-0.15, -0.1) is 0 Å². The van der Waals surface area contributed by atoms with Crippen LogP contribution in [0.3, 0.4) is 0 Å². The van der Waals surface area contributed by atoms with E-state index in [-0.39, 0.29) is 11.9 Å². The maximum Gasteiger partial charge on any atom is 0.239 e. The minimum Gasteiger partial charge on any atom is -0.337 e.